The highest BCUT2D eigenvalue weighted by Crippen LogP contribution is 2.19. The predicted molar refractivity (Wildman–Crippen MR) is 75.8 cm³/mol. The lowest BCUT2D eigenvalue weighted by Crippen LogP contribution is -2.27. The van der Waals surface area contributed by atoms with Crippen molar-refractivity contribution >= 4 is 0 Å². The van der Waals surface area contributed by atoms with Gasteiger partial charge in [0.2, 0.25) is 0 Å². The van der Waals surface area contributed by atoms with Crippen LogP contribution in [0.15, 0.2) is 24.3 Å². The van der Waals surface area contributed by atoms with Gasteiger partial charge >= 0.3 is 0 Å². The lowest BCUT2D eigenvalue weighted by atomic mass is 9.99. The average molecular weight is 265 g/mol. The molecule has 0 bridgehead atoms. The molecule has 1 aromatic rings. The maximum Gasteiger partial charge on any atom is 0.123 e. The largest absolute Gasteiger partial charge is 0.378 e. The van der Waals surface area contributed by atoms with Crippen LogP contribution >= 0.6 is 0 Å². The first-order chi connectivity index (χ1) is 9.28. The third-order valence-electron chi connectivity index (χ3n) is 3.88. The number of likely N-dealkylation sites (N-methyl/N-ethyl adjacent to an activating group) is 1. The summed E-state index contributed by atoms with van der Waals surface area (Å²) in [5.41, 5.74) is 1.07. The molecule has 1 aliphatic rings. The van der Waals surface area contributed by atoms with Gasteiger partial charge in [-0.3, -0.25) is 0 Å². The Bertz CT molecular complexity index is 377. The lowest BCUT2D eigenvalue weighted by Gasteiger charge is -2.17. The van der Waals surface area contributed by atoms with Gasteiger partial charge in [0, 0.05) is 12.6 Å². The molecule has 2 nitrogen and oxygen atoms in total. The van der Waals surface area contributed by atoms with Crippen LogP contribution in [0.5, 0.6) is 0 Å². The summed E-state index contributed by atoms with van der Waals surface area (Å²) in [5.74, 6) is -0.147. The van der Waals surface area contributed by atoms with Gasteiger partial charge in [0.1, 0.15) is 5.82 Å². The second-order valence-corrected chi connectivity index (χ2v) is 5.39. The van der Waals surface area contributed by atoms with E-state index in [4.69, 9.17) is 4.74 Å². The number of hydrogen-bond acceptors (Lipinski definition) is 2. The molecule has 1 saturated heterocycles. The van der Waals surface area contributed by atoms with Gasteiger partial charge in [-0.25, -0.2) is 4.39 Å². The van der Waals surface area contributed by atoms with Crippen LogP contribution in [0.2, 0.25) is 0 Å². The molecule has 2 unspecified atom stereocenters. The molecule has 0 spiro atoms. The molecule has 0 amide bonds. The van der Waals surface area contributed by atoms with E-state index >= 15 is 0 Å². The minimum atomic E-state index is -0.147. The van der Waals surface area contributed by atoms with Crippen LogP contribution in [0, 0.1) is 5.82 Å². The van der Waals surface area contributed by atoms with E-state index in [0.29, 0.717) is 12.1 Å². The summed E-state index contributed by atoms with van der Waals surface area (Å²) < 4.78 is 18.8. The molecule has 1 heterocycles. The minimum absolute atomic E-state index is 0.147. The molecular formula is C16H24FNO. The molecule has 1 aliphatic heterocycles. The summed E-state index contributed by atoms with van der Waals surface area (Å²) >= 11 is 0. The summed E-state index contributed by atoms with van der Waals surface area (Å²) in [6, 6.07) is 7.32. The SMILES string of the molecule is CNC(CCCC1CCCO1)Cc1cccc(F)c1. The maximum atomic E-state index is 13.1. The van der Waals surface area contributed by atoms with Crippen molar-refractivity contribution in [3.05, 3.63) is 35.6 Å². The molecular weight excluding hydrogens is 241 g/mol. The van der Waals surface area contributed by atoms with E-state index in [0.717, 1.165) is 31.4 Å². The summed E-state index contributed by atoms with van der Waals surface area (Å²) in [7, 11) is 1.98. The Morgan fingerprint density at radius 2 is 2.37 bits per heavy atom. The van der Waals surface area contributed by atoms with Crippen molar-refractivity contribution < 1.29 is 9.13 Å². The highest BCUT2D eigenvalue weighted by Gasteiger charge is 2.16. The van der Waals surface area contributed by atoms with Gasteiger partial charge in [0.25, 0.3) is 0 Å². The third kappa shape index (κ3) is 4.92. The third-order valence-corrected chi connectivity index (χ3v) is 3.88. The quantitative estimate of drug-likeness (QED) is 0.816. The van der Waals surface area contributed by atoms with Crippen LogP contribution in [0.3, 0.4) is 0 Å². The smallest absolute Gasteiger partial charge is 0.123 e. The Morgan fingerprint density at radius 1 is 1.47 bits per heavy atom. The van der Waals surface area contributed by atoms with Crippen LogP contribution in [-0.2, 0) is 11.2 Å². The first-order valence-corrected chi connectivity index (χ1v) is 7.31. The van der Waals surface area contributed by atoms with Gasteiger partial charge in [-0.1, -0.05) is 12.1 Å². The van der Waals surface area contributed by atoms with E-state index in [1.165, 1.54) is 25.3 Å². The van der Waals surface area contributed by atoms with Crippen molar-refractivity contribution in [1.82, 2.24) is 5.32 Å². The van der Waals surface area contributed by atoms with E-state index in [1.54, 1.807) is 12.1 Å². The van der Waals surface area contributed by atoms with Gasteiger partial charge in [-0.15, -0.1) is 0 Å². The van der Waals surface area contributed by atoms with Crippen LogP contribution in [0.4, 0.5) is 4.39 Å². The maximum absolute atomic E-state index is 13.1. The van der Waals surface area contributed by atoms with Gasteiger partial charge in [-0.05, 0) is 63.3 Å². The second kappa shape index (κ2) is 7.61. The molecule has 0 saturated carbocycles. The molecule has 0 aromatic heterocycles. The molecule has 0 aliphatic carbocycles. The standard InChI is InChI=1S/C16H24FNO/c1-18-15(7-3-8-16-9-4-10-19-16)12-13-5-2-6-14(17)11-13/h2,5-6,11,15-16,18H,3-4,7-10,12H2,1H3. The van der Waals surface area contributed by atoms with E-state index < -0.39 is 0 Å². The fourth-order valence-electron chi connectivity index (χ4n) is 2.76. The summed E-state index contributed by atoms with van der Waals surface area (Å²) in [5, 5.41) is 3.33. The molecule has 1 aromatic carbocycles. The Hall–Kier alpha value is -0.930. The lowest BCUT2D eigenvalue weighted by molar-refractivity contribution is 0.101. The molecule has 2 rings (SSSR count). The van der Waals surface area contributed by atoms with E-state index in [-0.39, 0.29) is 5.82 Å². The zero-order valence-electron chi connectivity index (χ0n) is 11.7. The van der Waals surface area contributed by atoms with E-state index in [2.05, 4.69) is 5.32 Å². The molecule has 106 valence electrons. The van der Waals surface area contributed by atoms with Gasteiger partial charge < -0.3 is 10.1 Å². The first kappa shape index (κ1) is 14.5. The number of nitrogens with one attached hydrogen (secondary N) is 1. The Morgan fingerprint density at radius 3 is 3.05 bits per heavy atom. The van der Waals surface area contributed by atoms with Crippen molar-refractivity contribution in [3.63, 3.8) is 0 Å². The highest BCUT2D eigenvalue weighted by molar-refractivity contribution is 5.17. The van der Waals surface area contributed by atoms with Crippen molar-refractivity contribution in [3.8, 4) is 0 Å². The summed E-state index contributed by atoms with van der Waals surface area (Å²) in [6.45, 7) is 0.934. The zero-order valence-corrected chi connectivity index (χ0v) is 11.7. The van der Waals surface area contributed by atoms with Crippen molar-refractivity contribution in [2.45, 2.75) is 50.7 Å². The van der Waals surface area contributed by atoms with Crippen LogP contribution in [0.1, 0.15) is 37.7 Å². The number of hydrogen-bond donors (Lipinski definition) is 1. The van der Waals surface area contributed by atoms with Gasteiger partial charge in [-0.2, -0.15) is 0 Å². The monoisotopic (exact) mass is 265 g/mol. The minimum Gasteiger partial charge on any atom is -0.378 e. The Balaban J connectivity index is 1.73. The number of halogens is 1. The predicted octanol–water partition coefficient (Wildman–Crippen LogP) is 3.31. The van der Waals surface area contributed by atoms with Gasteiger partial charge in [0.05, 0.1) is 6.10 Å². The molecule has 1 fully saturated rings. The summed E-state index contributed by atoms with van der Waals surface area (Å²) in [4.78, 5) is 0. The normalized spacial score (nSPS) is 20.6. The number of benzene rings is 1. The van der Waals surface area contributed by atoms with Crippen LogP contribution in [-0.4, -0.2) is 25.8 Å². The molecule has 3 heteroatoms. The van der Waals surface area contributed by atoms with Crippen LogP contribution < -0.4 is 5.32 Å². The van der Waals surface area contributed by atoms with Gasteiger partial charge in [0.15, 0.2) is 0 Å². The van der Waals surface area contributed by atoms with Crippen molar-refractivity contribution in [1.29, 1.82) is 0 Å². The van der Waals surface area contributed by atoms with Crippen molar-refractivity contribution in [2.75, 3.05) is 13.7 Å². The Labute approximate surface area is 115 Å². The molecule has 2 atom stereocenters. The number of rotatable bonds is 7. The Kier molecular flexibility index (Phi) is 5.80. The number of ether oxygens (including phenoxy) is 1. The fourth-order valence-corrected chi connectivity index (χ4v) is 2.76. The van der Waals surface area contributed by atoms with E-state index in [1.807, 2.05) is 13.1 Å². The molecule has 1 N–H and O–H groups in total. The molecule has 0 radical (unpaired) electrons. The second-order valence-electron chi connectivity index (χ2n) is 5.39. The topological polar surface area (TPSA) is 21.3 Å². The molecule has 19 heavy (non-hydrogen) atoms. The van der Waals surface area contributed by atoms with Crippen LogP contribution in [0.25, 0.3) is 0 Å². The zero-order chi connectivity index (χ0) is 13.5. The van der Waals surface area contributed by atoms with E-state index in [9.17, 15) is 4.39 Å². The fraction of sp³-hybridized carbons (Fsp3) is 0.625. The summed E-state index contributed by atoms with van der Waals surface area (Å²) in [6.07, 6.45) is 7.24. The highest BCUT2D eigenvalue weighted by atomic mass is 19.1. The van der Waals surface area contributed by atoms with Crippen molar-refractivity contribution in [2.24, 2.45) is 0 Å². The first-order valence-electron chi connectivity index (χ1n) is 7.31. The average Bonchev–Trinajstić information content (AvgIpc) is 2.91.